The van der Waals surface area contributed by atoms with Gasteiger partial charge in [0.1, 0.15) is 5.84 Å². The Morgan fingerprint density at radius 3 is 2.48 bits per heavy atom. The SMILES string of the molecule is CC1=C(CC(N)=Nc2nc(N)nc(-c3ccccc3)c2-c2ccc(=O)n(C)c2)NC1=O. The van der Waals surface area contributed by atoms with Crippen LogP contribution in [0.5, 0.6) is 0 Å². The van der Waals surface area contributed by atoms with Crippen LogP contribution in [0, 0.1) is 0 Å². The summed E-state index contributed by atoms with van der Waals surface area (Å²) in [5.41, 5.74) is 16.1. The van der Waals surface area contributed by atoms with Gasteiger partial charge in [0.05, 0.1) is 11.3 Å². The van der Waals surface area contributed by atoms with Crippen molar-refractivity contribution in [3.63, 3.8) is 0 Å². The Morgan fingerprint density at radius 1 is 1.10 bits per heavy atom. The number of hydrogen-bond acceptors (Lipinski definition) is 6. The molecule has 5 N–H and O–H groups in total. The Kier molecular flexibility index (Phi) is 5.08. The van der Waals surface area contributed by atoms with Crippen molar-refractivity contribution in [1.29, 1.82) is 0 Å². The minimum Gasteiger partial charge on any atom is -0.387 e. The Hall–Kier alpha value is -4.27. The fourth-order valence-electron chi connectivity index (χ4n) is 3.29. The first-order chi connectivity index (χ1) is 14.8. The number of aromatic nitrogens is 3. The third-order valence-corrected chi connectivity index (χ3v) is 4.99. The molecule has 156 valence electrons. The van der Waals surface area contributed by atoms with Crippen LogP contribution in [-0.4, -0.2) is 26.3 Å². The molecule has 1 aromatic carbocycles. The lowest BCUT2D eigenvalue weighted by atomic mass is 10.0. The fourth-order valence-corrected chi connectivity index (χ4v) is 3.29. The van der Waals surface area contributed by atoms with E-state index in [-0.39, 0.29) is 35.5 Å². The van der Waals surface area contributed by atoms with Crippen LogP contribution in [0.3, 0.4) is 0 Å². The lowest BCUT2D eigenvalue weighted by Crippen LogP contribution is -2.37. The molecule has 0 radical (unpaired) electrons. The van der Waals surface area contributed by atoms with Crippen LogP contribution in [0.15, 0.2) is 69.7 Å². The van der Waals surface area contributed by atoms with Gasteiger partial charge in [0.2, 0.25) is 11.5 Å². The van der Waals surface area contributed by atoms with Gasteiger partial charge in [-0.15, -0.1) is 0 Å². The molecule has 9 heteroatoms. The molecule has 2 aromatic heterocycles. The van der Waals surface area contributed by atoms with E-state index in [1.807, 2.05) is 30.3 Å². The van der Waals surface area contributed by atoms with Crippen LogP contribution in [0.25, 0.3) is 22.4 Å². The number of pyridine rings is 1. The number of aryl methyl sites for hydroxylation is 1. The van der Waals surface area contributed by atoms with Gasteiger partial charge in [0.25, 0.3) is 5.91 Å². The molecule has 9 nitrogen and oxygen atoms in total. The molecule has 1 aliphatic rings. The number of nitrogen functional groups attached to an aromatic ring is 1. The van der Waals surface area contributed by atoms with Crippen LogP contribution < -0.4 is 22.3 Å². The van der Waals surface area contributed by atoms with Gasteiger partial charge in [0.15, 0.2) is 5.82 Å². The Labute approximate surface area is 178 Å². The molecule has 0 aliphatic carbocycles. The molecule has 1 amide bonds. The van der Waals surface area contributed by atoms with Crippen LogP contribution in [0.4, 0.5) is 11.8 Å². The van der Waals surface area contributed by atoms with Crippen LogP contribution in [-0.2, 0) is 11.8 Å². The maximum Gasteiger partial charge on any atom is 0.252 e. The third kappa shape index (κ3) is 3.93. The second-order valence-corrected chi connectivity index (χ2v) is 7.20. The van der Waals surface area contributed by atoms with Crippen LogP contribution >= 0.6 is 0 Å². The zero-order valence-corrected chi connectivity index (χ0v) is 17.1. The molecule has 0 fully saturated rings. The molecule has 31 heavy (non-hydrogen) atoms. The van der Waals surface area contributed by atoms with E-state index < -0.39 is 0 Å². The normalized spacial score (nSPS) is 13.7. The maximum absolute atomic E-state index is 11.9. The van der Waals surface area contributed by atoms with Gasteiger partial charge in [-0.1, -0.05) is 30.3 Å². The summed E-state index contributed by atoms with van der Waals surface area (Å²) < 4.78 is 1.47. The Bertz CT molecular complexity index is 1310. The predicted molar refractivity (Wildman–Crippen MR) is 119 cm³/mol. The van der Waals surface area contributed by atoms with Crippen LogP contribution in [0.1, 0.15) is 13.3 Å². The van der Waals surface area contributed by atoms with E-state index in [1.54, 1.807) is 26.2 Å². The van der Waals surface area contributed by atoms with Crippen molar-refractivity contribution < 1.29 is 4.79 Å². The van der Waals surface area contributed by atoms with Crippen molar-refractivity contribution in [2.75, 3.05) is 5.73 Å². The molecular weight excluding hydrogens is 394 g/mol. The minimum atomic E-state index is -0.144. The highest BCUT2D eigenvalue weighted by atomic mass is 16.2. The smallest absolute Gasteiger partial charge is 0.252 e. The van der Waals surface area contributed by atoms with E-state index in [9.17, 15) is 9.59 Å². The zero-order chi connectivity index (χ0) is 22.1. The molecule has 0 spiro atoms. The summed E-state index contributed by atoms with van der Waals surface area (Å²) in [6, 6.07) is 12.7. The molecule has 0 saturated heterocycles. The number of amides is 1. The van der Waals surface area contributed by atoms with E-state index in [0.717, 1.165) is 11.3 Å². The predicted octanol–water partition coefficient (Wildman–Crippen LogP) is 1.87. The highest BCUT2D eigenvalue weighted by Gasteiger charge is 2.23. The summed E-state index contributed by atoms with van der Waals surface area (Å²) >= 11 is 0. The number of anilines is 1. The Morgan fingerprint density at radius 2 is 1.84 bits per heavy atom. The molecule has 3 aromatic rings. The number of hydrogen-bond donors (Lipinski definition) is 3. The fraction of sp³-hybridized carbons (Fsp3) is 0.136. The van der Waals surface area contributed by atoms with E-state index >= 15 is 0 Å². The Balaban J connectivity index is 1.91. The second-order valence-electron chi connectivity index (χ2n) is 7.20. The van der Waals surface area contributed by atoms with Crippen molar-refractivity contribution in [3.8, 4) is 22.4 Å². The first-order valence-electron chi connectivity index (χ1n) is 9.57. The zero-order valence-electron chi connectivity index (χ0n) is 17.1. The largest absolute Gasteiger partial charge is 0.387 e. The first kappa shape index (κ1) is 20.0. The highest BCUT2D eigenvalue weighted by Crippen LogP contribution is 2.37. The minimum absolute atomic E-state index is 0.0475. The molecule has 0 atom stereocenters. The standard InChI is InChI=1S/C22H21N7O2/c1-12-15(25-21(12)31)10-16(23)26-20-18(14-8-9-17(30)29(2)11-14)19(27-22(24)28-20)13-6-4-3-5-7-13/h3-9,11H,10H2,1-2H3,(H,25,31)(H4,23,24,26,27,28). The van der Waals surface area contributed by atoms with Crippen molar-refractivity contribution in [2.45, 2.75) is 13.3 Å². The average Bonchev–Trinajstić information content (AvgIpc) is 2.75. The van der Waals surface area contributed by atoms with Crippen molar-refractivity contribution in [2.24, 2.45) is 17.8 Å². The number of amidine groups is 1. The monoisotopic (exact) mass is 415 g/mol. The van der Waals surface area contributed by atoms with Gasteiger partial charge < -0.3 is 21.4 Å². The van der Waals surface area contributed by atoms with E-state index in [1.165, 1.54) is 10.6 Å². The van der Waals surface area contributed by atoms with E-state index in [2.05, 4.69) is 20.3 Å². The number of carbonyl (C=O) groups is 1. The van der Waals surface area contributed by atoms with E-state index in [4.69, 9.17) is 11.5 Å². The molecule has 1 aliphatic heterocycles. The number of benzene rings is 1. The average molecular weight is 415 g/mol. The van der Waals surface area contributed by atoms with E-state index in [0.29, 0.717) is 22.4 Å². The number of carbonyl (C=O) groups excluding carboxylic acids is 1. The number of nitrogens with two attached hydrogens (primary N) is 2. The topological polar surface area (TPSA) is 141 Å². The quantitative estimate of drug-likeness (QED) is 0.429. The van der Waals surface area contributed by atoms with Gasteiger partial charge in [0, 0.05) is 48.1 Å². The van der Waals surface area contributed by atoms with Gasteiger partial charge in [-0.2, -0.15) is 4.98 Å². The molecule has 4 rings (SSSR count). The summed E-state index contributed by atoms with van der Waals surface area (Å²) in [7, 11) is 1.66. The van der Waals surface area contributed by atoms with Gasteiger partial charge in [-0.3, -0.25) is 9.59 Å². The maximum atomic E-state index is 11.9. The van der Waals surface area contributed by atoms with Crippen molar-refractivity contribution in [3.05, 3.63) is 70.3 Å². The molecule has 3 heterocycles. The lowest BCUT2D eigenvalue weighted by Gasteiger charge is -2.21. The van der Waals surface area contributed by atoms with Gasteiger partial charge >= 0.3 is 0 Å². The molecule has 0 saturated carbocycles. The third-order valence-electron chi connectivity index (χ3n) is 4.99. The molecule has 0 bridgehead atoms. The molecular formula is C22H21N7O2. The lowest BCUT2D eigenvalue weighted by molar-refractivity contribution is -0.118. The van der Waals surface area contributed by atoms with Gasteiger partial charge in [-0.25, -0.2) is 9.98 Å². The first-order valence-corrected chi connectivity index (χ1v) is 9.57. The number of rotatable bonds is 5. The number of nitrogens with zero attached hydrogens (tertiary/aromatic N) is 4. The van der Waals surface area contributed by atoms with Gasteiger partial charge in [-0.05, 0) is 13.0 Å². The number of nitrogens with one attached hydrogen (secondary N) is 1. The second kappa shape index (κ2) is 7.86. The van der Waals surface area contributed by atoms with Crippen LogP contribution in [0.2, 0.25) is 0 Å². The summed E-state index contributed by atoms with van der Waals surface area (Å²) in [4.78, 5) is 36.6. The summed E-state index contributed by atoms with van der Waals surface area (Å²) in [6.07, 6.45) is 1.96. The van der Waals surface area contributed by atoms with Crippen molar-refractivity contribution >= 4 is 23.5 Å². The summed E-state index contributed by atoms with van der Waals surface area (Å²) in [6.45, 7) is 1.73. The molecule has 0 unspecified atom stereocenters. The summed E-state index contributed by atoms with van der Waals surface area (Å²) in [5.74, 6) is 0.474. The van der Waals surface area contributed by atoms with Crippen molar-refractivity contribution in [1.82, 2.24) is 19.9 Å². The highest BCUT2D eigenvalue weighted by molar-refractivity contribution is 6.03. The summed E-state index contributed by atoms with van der Waals surface area (Å²) in [5, 5.41) is 2.70. The number of aliphatic imine (C=N–C) groups is 1.